The van der Waals surface area contributed by atoms with E-state index in [1.807, 2.05) is 20.8 Å². The summed E-state index contributed by atoms with van der Waals surface area (Å²) in [6.07, 6.45) is 2.98. The zero-order chi connectivity index (χ0) is 16.3. The van der Waals surface area contributed by atoms with Gasteiger partial charge in [0.2, 0.25) is 0 Å². The number of carbonyl (C=O) groups is 1. The molecule has 1 aliphatic rings. The molecule has 0 radical (unpaired) electrons. The van der Waals surface area contributed by atoms with E-state index in [1.165, 1.54) is 5.57 Å². The Labute approximate surface area is 142 Å². The van der Waals surface area contributed by atoms with Gasteiger partial charge in [0.25, 0.3) is 11.5 Å². The Morgan fingerprint density at radius 1 is 1.39 bits per heavy atom. The van der Waals surface area contributed by atoms with Gasteiger partial charge in [-0.3, -0.25) is 9.59 Å². The van der Waals surface area contributed by atoms with Gasteiger partial charge in [-0.25, -0.2) is 4.98 Å². The van der Waals surface area contributed by atoms with Crippen molar-refractivity contribution in [2.45, 2.75) is 39.5 Å². The smallest absolute Gasteiger partial charge is 0.264 e. The van der Waals surface area contributed by atoms with E-state index in [0.717, 1.165) is 19.5 Å². The molecule has 0 bridgehead atoms. The van der Waals surface area contributed by atoms with Crippen molar-refractivity contribution in [1.29, 1.82) is 0 Å². The summed E-state index contributed by atoms with van der Waals surface area (Å²) in [4.78, 5) is 31.6. The van der Waals surface area contributed by atoms with Crippen LogP contribution in [0.15, 0.2) is 16.4 Å². The second-order valence-corrected chi connectivity index (χ2v) is 6.62. The number of H-pyrrole nitrogens is 1. The molecule has 23 heavy (non-hydrogen) atoms. The number of hydrogen-bond acceptors (Lipinski definition) is 4. The number of aromatic nitrogens is 2. The lowest BCUT2D eigenvalue weighted by Gasteiger charge is -2.18. The fraction of sp³-hybridized carbons (Fsp3) is 0.562. The van der Waals surface area contributed by atoms with Gasteiger partial charge in [0.05, 0.1) is 5.69 Å². The van der Waals surface area contributed by atoms with Crippen LogP contribution in [-0.4, -0.2) is 35.5 Å². The molecule has 0 saturated carbocycles. The first kappa shape index (κ1) is 19.4. The first-order valence-corrected chi connectivity index (χ1v) is 7.57. The van der Waals surface area contributed by atoms with E-state index in [2.05, 4.69) is 26.7 Å². The Kier molecular flexibility index (Phi) is 6.53. The lowest BCUT2D eigenvalue weighted by molar-refractivity contribution is 0.0953. The van der Waals surface area contributed by atoms with Crippen LogP contribution in [0.25, 0.3) is 0 Å². The maximum atomic E-state index is 12.3. The molecule has 0 atom stereocenters. The molecule has 1 aromatic heterocycles. The molecular weight excluding hydrogens is 316 g/mol. The summed E-state index contributed by atoms with van der Waals surface area (Å²) in [5, 5.41) is 6.03. The minimum Gasteiger partial charge on any atom is -0.348 e. The highest BCUT2D eigenvalue weighted by molar-refractivity contribution is 5.94. The highest BCUT2D eigenvalue weighted by atomic mass is 35.5. The Hall–Kier alpha value is -1.66. The van der Waals surface area contributed by atoms with Crippen LogP contribution in [0.2, 0.25) is 0 Å². The molecule has 2 heterocycles. The predicted octanol–water partition coefficient (Wildman–Crippen LogP) is 1.45. The maximum absolute atomic E-state index is 12.3. The number of amides is 1. The van der Waals surface area contributed by atoms with Crippen LogP contribution in [0.5, 0.6) is 0 Å². The molecule has 128 valence electrons. The quantitative estimate of drug-likeness (QED) is 0.727. The molecule has 1 aliphatic heterocycles. The highest BCUT2D eigenvalue weighted by Crippen LogP contribution is 2.17. The van der Waals surface area contributed by atoms with Gasteiger partial charge in [0.1, 0.15) is 11.4 Å². The van der Waals surface area contributed by atoms with Crippen LogP contribution >= 0.6 is 12.4 Å². The largest absolute Gasteiger partial charge is 0.348 e. The Balaban J connectivity index is 0.00000264. The van der Waals surface area contributed by atoms with Gasteiger partial charge >= 0.3 is 0 Å². The van der Waals surface area contributed by atoms with Crippen LogP contribution in [-0.2, 0) is 5.41 Å². The average Bonchev–Trinajstić information content (AvgIpc) is 2.44. The third kappa shape index (κ3) is 4.91. The van der Waals surface area contributed by atoms with E-state index in [9.17, 15) is 9.59 Å². The average molecular weight is 341 g/mol. The van der Waals surface area contributed by atoms with Crippen molar-refractivity contribution in [3.63, 3.8) is 0 Å². The van der Waals surface area contributed by atoms with Crippen molar-refractivity contribution in [3.05, 3.63) is 39.1 Å². The lowest BCUT2D eigenvalue weighted by atomic mass is 9.95. The molecule has 0 fully saturated rings. The number of halogens is 1. The van der Waals surface area contributed by atoms with Crippen molar-refractivity contribution in [3.8, 4) is 0 Å². The van der Waals surface area contributed by atoms with Crippen molar-refractivity contribution in [1.82, 2.24) is 20.6 Å². The fourth-order valence-corrected chi connectivity index (χ4v) is 2.32. The van der Waals surface area contributed by atoms with Crippen molar-refractivity contribution < 1.29 is 4.79 Å². The molecule has 1 amide bonds. The van der Waals surface area contributed by atoms with Gasteiger partial charge < -0.3 is 15.6 Å². The fourth-order valence-electron chi connectivity index (χ4n) is 2.32. The normalized spacial score (nSPS) is 14.7. The van der Waals surface area contributed by atoms with E-state index >= 15 is 0 Å². The second-order valence-electron chi connectivity index (χ2n) is 6.62. The van der Waals surface area contributed by atoms with Gasteiger partial charge in [-0.15, -0.1) is 12.4 Å². The van der Waals surface area contributed by atoms with E-state index in [0.29, 0.717) is 18.1 Å². The zero-order valence-electron chi connectivity index (χ0n) is 14.1. The highest BCUT2D eigenvalue weighted by Gasteiger charge is 2.22. The summed E-state index contributed by atoms with van der Waals surface area (Å²) in [6, 6.07) is 0. The summed E-state index contributed by atoms with van der Waals surface area (Å²) in [5.74, 6) is 0.221. The van der Waals surface area contributed by atoms with E-state index < -0.39 is 0 Å². The standard InChI is InChI=1S/C16H24N4O2.ClH/c1-10-12(14(22)20-15(19-10)16(2,3)4)13(21)18-9-11-5-7-17-8-6-11;/h5,17H,6-9H2,1-4H3,(H,18,21)(H,19,20,22);1H. The Bertz CT molecular complexity index is 659. The number of aromatic amines is 1. The first-order chi connectivity index (χ1) is 10.3. The number of hydrogen-bond donors (Lipinski definition) is 3. The Morgan fingerprint density at radius 3 is 2.61 bits per heavy atom. The molecule has 6 nitrogen and oxygen atoms in total. The molecule has 3 N–H and O–H groups in total. The number of aryl methyl sites for hydroxylation is 1. The van der Waals surface area contributed by atoms with Crippen LogP contribution in [0.3, 0.4) is 0 Å². The van der Waals surface area contributed by atoms with Crippen molar-refractivity contribution in [2.75, 3.05) is 19.6 Å². The zero-order valence-corrected chi connectivity index (χ0v) is 14.9. The van der Waals surface area contributed by atoms with Gasteiger partial charge in [-0.05, 0) is 19.9 Å². The number of nitrogens with one attached hydrogen (secondary N) is 3. The van der Waals surface area contributed by atoms with E-state index in [1.54, 1.807) is 6.92 Å². The number of carbonyl (C=O) groups excluding carboxylic acids is 1. The minimum absolute atomic E-state index is 0. The molecule has 0 spiro atoms. The summed E-state index contributed by atoms with van der Waals surface area (Å²) in [6.45, 7) is 9.82. The maximum Gasteiger partial charge on any atom is 0.264 e. The van der Waals surface area contributed by atoms with Crippen LogP contribution < -0.4 is 16.2 Å². The molecular formula is C16H25ClN4O2. The van der Waals surface area contributed by atoms with Gasteiger partial charge in [0.15, 0.2) is 0 Å². The van der Waals surface area contributed by atoms with Crippen LogP contribution in [0.1, 0.15) is 49.1 Å². The van der Waals surface area contributed by atoms with Gasteiger partial charge in [-0.1, -0.05) is 32.4 Å². The molecule has 1 aromatic rings. The molecule has 0 unspecified atom stereocenters. The first-order valence-electron chi connectivity index (χ1n) is 7.57. The van der Waals surface area contributed by atoms with Crippen molar-refractivity contribution >= 4 is 18.3 Å². The lowest BCUT2D eigenvalue weighted by Crippen LogP contribution is -2.35. The van der Waals surface area contributed by atoms with Gasteiger partial charge in [-0.2, -0.15) is 0 Å². The summed E-state index contributed by atoms with van der Waals surface area (Å²) in [7, 11) is 0. The van der Waals surface area contributed by atoms with Crippen LogP contribution in [0, 0.1) is 6.92 Å². The minimum atomic E-state index is -0.380. The Morgan fingerprint density at radius 2 is 2.09 bits per heavy atom. The molecule has 0 aliphatic carbocycles. The number of nitrogens with zero attached hydrogens (tertiary/aromatic N) is 1. The van der Waals surface area contributed by atoms with Crippen molar-refractivity contribution in [2.24, 2.45) is 0 Å². The topological polar surface area (TPSA) is 86.9 Å². The molecule has 7 heteroatoms. The monoisotopic (exact) mass is 340 g/mol. The summed E-state index contributed by atoms with van der Waals surface area (Å²) < 4.78 is 0. The predicted molar refractivity (Wildman–Crippen MR) is 93.4 cm³/mol. The SMILES string of the molecule is Cc1nc(C(C)(C)C)[nH]c(=O)c1C(=O)NCC1=CCNCC1.Cl. The van der Waals surface area contributed by atoms with E-state index in [-0.39, 0.29) is 34.9 Å². The van der Waals surface area contributed by atoms with Crippen LogP contribution in [0.4, 0.5) is 0 Å². The second kappa shape index (κ2) is 7.75. The third-order valence-corrected chi connectivity index (χ3v) is 3.67. The van der Waals surface area contributed by atoms with E-state index in [4.69, 9.17) is 0 Å². The molecule has 0 aromatic carbocycles. The molecule has 0 saturated heterocycles. The summed E-state index contributed by atoms with van der Waals surface area (Å²) in [5.41, 5.74) is 1.10. The third-order valence-electron chi connectivity index (χ3n) is 3.67. The molecule has 2 rings (SSSR count). The number of rotatable bonds is 3. The van der Waals surface area contributed by atoms with Gasteiger partial charge in [0, 0.05) is 18.5 Å². The summed E-state index contributed by atoms with van der Waals surface area (Å²) >= 11 is 0.